The number of thioether (sulfide) groups is 1. The van der Waals surface area contributed by atoms with Crippen LogP contribution in [0, 0.1) is 0 Å². The second kappa shape index (κ2) is 37.4. The number of benzene rings is 3. The summed E-state index contributed by atoms with van der Waals surface area (Å²) in [6.45, 7) is 13.8. The molecule has 3 aromatic rings. The third-order valence-electron chi connectivity index (χ3n) is 15.2. The smallest absolute Gasteiger partial charge is 0.321 e. The molecule has 0 spiro atoms. The van der Waals surface area contributed by atoms with Gasteiger partial charge in [-0.05, 0) is 107 Å². The maximum atomic E-state index is 14.0. The molecule has 0 aliphatic carbocycles. The number of hydrazine groups is 2. The largest absolute Gasteiger partial charge is 0.494 e. The Morgan fingerprint density at radius 1 is 0.726 bits per heavy atom. The molecule has 4 saturated heterocycles. The van der Waals surface area contributed by atoms with Gasteiger partial charge in [0.2, 0.25) is 17.7 Å². The van der Waals surface area contributed by atoms with Crippen molar-refractivity contribution in [1.82, 2.24) is 61.7 Å². The molecule has 4 aliphatic rings. The van der Waals surface area contributed by atoms with Crippen LogP contribution in [-0.4, -0.2) is 249 Å². The highest BCUT2D eigenvalue weighted by Gasteiger charge is 2.39. The van der Waals surface area contributed by atoms with E-state index < -0.39 is 6.04 Å². The Balaban J connectivity index is 0.643. The number of amides is 5. The van der Waals surface area contributed by atoms with E-state index in [0.717, 1.165) is 94.2 Å². The van der Waals surface area contributed by atoms with Crippen LogP contribution in [0.5, 0.6) is 11.5 Å². The summed E-state index contributed by atoms with van der Waals surface area (Å²) in [6, 6.07) is 24.2. The summed E-state index contributed by atoms with van der Waals surface area (Å²) in [5, 5.41) is 17.8. The quantitative estimate of drug-likeness (QED) is 0.0410. The van der Waals surface area contributed by atoms with E-state index in [2.05, 4.69) is 71.3 Å². The van der Waals surface area contributed by atoms with Gasteiger partial charge in [0.25, 0.3) is 0 Å². The fourth-order valence-electron chi connectivity index (χ4n) is 10.3. The van der Waals surface area contributed by atoms with Gasteiger partial charge in [-0.1, -0.05) is 42.5 Å². The molecule has 0 bridgehead atoms. The third kappa shape index (κ3) is 24.3. The fraction of sp³-hybridized carbons (Fsp3) is 0.633. The minimum Gasteiger partial charge on any atom is -0.494 e. The van der Waals surface area contributed by atoms with Crippen LogP contribution in [0.2, 0.25) is 0 Å². The van der Waals surface area contributed by atoms with E-state index in [1.165, 1.54) is 0 Å². The Morgan fingerprint density at radius 3 is 2.20 bits per heavy atom. The molecule has 4 fully saturated rings. The highest BCUT2D eigenvalue weighted by molar-refractivity contribution is 8.00. The molecular weight excluding hydrogens is 1090 g/mol. The van der Waals surface area contributed by atoms with Crippen molar-refractivity contribution in [2.45, 2.75) is 81.2 Å². The van der Waals surface area contributed by atoms with Crippen molar-refractivity contribution in [2.24, 2.45) is 0 Å². The summed E-state index contributed by atoms with van der Waals surface area (Å²) < 4.78 is 34.8. The lowest BCUT2D eigenvalue weighted by Crippen LogP contribution is -2.59. The number of aryl methyl sites for hydroxylation is 1. The van der Waals surface area contributed by atoms with Gasteiger partial charge in [0.1, 0.15) is 29.6 Å². The van der Waals surface area contributed by atoms with Gasteiger partial charge in [-0.15, -0.1) is 11.8 Å². The first-order valence-corrected chi connectivity index (χ1v) is 31.1. The summed E-state index contributed by atoms with van der Waals surface area (Å²) in [4.78, 5) is 63.6. The Labute approximate surface area is 502 Å². The first-order chi connectivity index (χ1) is 41.0. The predicted molar refractivity (Wildman–Crippen MR) is 326 cm³/mol. The zero-order valence-electron chi connectivity index (χ0n) is 50.1. The first kappa shape index (κ1) is 66.3. The van der Waals surface area contributed by atoms with Gasteiger partial charge < -0.3 is 64.0 Å². The zero-order valence-corrected chi connectivity index (χ0v) is 50.9. The van der Waals surface area contributed by atoms with Gasteiger partial charge in [0.15, 0.2) is 0 Å². The Kier molecular flexibility index (Phi) is 29.5. The lowest BCUT2D eigenvalue weighted by atomic mass is 10.0. The topological polar surface area (TPSA) is 227 Å². The minimum atomic E-state index is -0.650. The normalized spacial score (nSPS) is 19.8. The predicted octanol–water partition coefficient (Wildman–Crippen LogP) is 2.61. The fourth-order valence-corrected chi connectivity index (χ4v) is 11.4. The second-order valence-corrected chi connectivity index (χ2v) is 23.2. The van der Waals surface area contributed by atoms with Crippen LogP contribution < -0.4 is 47.0 Å². The monoisotopic (exact) mass is 1190 g/mol. The van der Waals surface area contributed by atoms with Gasteiger partial charge in [0, 0.05) is 129 Å². The number of anilines is 1. The van der Waals surface area contributed by atoms with Crippen LogP contribution in [-0.2, 0) is 46.3 Å². The van der Waals surface area contributed by atoms with E-state index in [0.29, 0.717) is 116 Å². The van der Waals surface area contributed by atoms with E-state index in [1.54, 1.807) is 35.9 Å². The highest BCUT2D eigenvalue weighted by Crippen LogP contribution is 2.22. The number of carbonyl (C=O) groups is 4. The highest BCUT2D eigenvalue weighted by atomic mass is 32.2. The summed E-state index contributed by atoms with van der Waals surface area (Å²) in [7, 11) is 7.84. The number of methoxy groups -OCH3 is 1. The zero-order chi connectivity index (χ0) is 59.1. The van der Waals surface area contributed by atoms with Crippen molar-refractivity contribution in [3.05, 3.63) is 90.0 Å². The van der Waals surface area contributed by atoms with Crippen molar-refractivity contribution < 1.29 is 47.6 Å². The van der Waals surface area contributed by atoms with E-state index in [9.17, 15) is 19.2 Å². The molecule has 7 N–H and O–H groups in total. The summed E-state index contributed by atoms with van der Waals surface area (Å²) in [6.07, 6.45) is 4.73. The molecule has 5 atom stereocenters. The van der Waals surface area contributed by atoms with E-state index >= 15 is 0 Å². The van der Waals surface area contributed by atoms with Gasteiger partial charge in [-0.2, -0.15) is 5.53 Å². The lowest BCUT2D eigenvalue weighted by Gasteiger charge is -2.35. The van der Waals surface area contributed by atoms with Crippen LogP contribution >= 0.6 is 11.8 Å². The maximum Gasteiger partial charge on any atom is 0.321 e. The number of nitrogens with one attached hydrogen (secondary N) is 7. The minimum absolute atomic E-state index is 0.0281. The van der Waals surface area contributed by atoms with Crippen molar-refractivity contribution >= 4 is 41.2 Å². The van der Waals surface area contributed by atoms with Gasteiger partial charge in [0.05, 0.1) is 45.7 Å². The summed E-state index contributed by atoms with van der Waals surface area (Å²) >= 11 is 1.59. The van der Waals surface area contributed by atoms with Crippen LogP contribution in [0.25, 0.3) is 0 Å². The second-order valence-electron chi connectivity index (χ2n) is 22.1. The molecule has 24 heteroatoms. The number of likely N-dealkylation sites (N-methyl/N-ethyl adjacent to an activating group) is 3. The number of rotatable bonds is 38. The molecule has 0 aromatic heterocycles. The Bertz CT molecular complexity index is 2360. The SMILES string of the molecule is COCCCN(C(=O)CCc1ccc(OCCCCN(C)CCOCCOCCC2CN(CCOCCOc3ccc(NC(=O)NC4NC(CC(=O)N5CCN(C)CC5)CS4)cc3)NN2)cc1)C(C(=O)NCc1ccccc1)C1CN(C)CN1. The van der Waals surface area contributed by atoms with Crippen molar-refractivity contribution in [2.75, 3.05) is 171 Å². The molecule has 84 heavy (non-hydrogen) atoms. The van der Waals surface area contributed by atoms with Crippen LogP contribution in [0.1, 0.15) is 49.7 Å². The molecule has 7 rings (SSSR count). The van der Waals surface area contributed by atoms with E-state index in [4.69, 9.17) is 28.4 Å². The number of hydrogen-bond acceptors (Lipinski definition) is 19. The maximum absolute atomic E-state index is 14.0. The van der Waals surface area contributed by atoms with Gasteiger partial charge in [-0.3, -0.25) is 29.9 Å². The number of hydrogen-bond donors (Lipinski definition) is 7. The van der Waals surface area contributed by atoms with Gasteiger partial charge in [-0.25, -0.2) is 15.2 Å². The lowest BCUT2D eigenvalue weighted by molar-refractivity contribution is -0.141. The van der Waals surface area contributed by atoms with Crippen molar-refractivity contribution in [3.63, 3.8) is 0 Å². The average Bonchev–Trinajstić information content (AvgIpc) is 4.24. The molecule has 3 aromatic carbocycles. The number of piperazine rings is 1. The molecule has 0 radical (unpaired) electrons. The molecule has 5 amide bonds. The van der Waals surface area contributed by atoms with Crippen LogP contribution in [0.15, 0.2) is 78.9 Å². The number of urea groups is 1. The van der Waals surface area contributed by atoms with Crippen molar-refractivity contribution in [1.29, 1.82) is 0 Å². The standard InChI is InChI=1S/C60H95N13O10S/c1-68(24-8-9-33-82-52-18-13-47(14-19-52)15-22-55(74)73(25-10-32-78-4)57(54-44-70(3)46-62-54)58(76)61-42-48-11-6-5-7-12-48)30-35-80-38-37-79-34-23-50-43-72(67-66-50)31-36-81-39-40-83-53-20-16-49(17-21-53)63-59(77)65-60-64-51(45-84-60)41-56(75)71-28-26-69(2)27-29-71/h5-7,11-14,16-21,50-51,54,57,60,62,64,66-67H,8-10,15,22-46H2,1-4H3,(H,61,76)(H2,63,65,77). The number of ether oxygens (including phenoxy) is 6. The average molecular weight is 1190 g/mol. The summed E-state index contributed by atoms with van der Waals surface area (Å²) in [5.74, 6) is 2.21. The Morgan fingerprint density at radius 2 is 1.45 bits per heavy atom. The van der Waals surface area contributed by atoms with Gasteiger partial charge >= 0.3 is 6.03 Å². The molecular formula is C60H95N13O10S. The molecule has 23 nitrogen and oxygen atoms in total. The molecule has 0 saturated carbocycles. The van der Waals surface area contributed by atoms with Crippen LogP contribution in [0.3, 0.4) is 0 Å². The van der Waals surface area contributed by atoms with Crippen molar-refractivity contribution in [3.8, 4) is 11.5 Å². The number of carbonyl (C=O) groups excluding carboxylic acids is 4. The Hall–Kier alpha value is -5.19. The van der Waals surface area contributed by atoms with E-state index in [1.807, 2.05) is 78.7 Å². The number of unbranched alkanes of at least 4 members (excludes halogenated alkanes) is 1. The number of nitrogens with zero attached hydrogens (tertiary/aromatic N) is 6. The first-order valence-electron chi connectivity index (χ1n) is 30.0. The van der Waals surface area contributed by atoms with E-state index in [-0.39, 0.29) is 53.8 Å². The molecule has 4 aliphatic heterocycles. The third-order valence-corrected chi connectivity index (χ3v) is 16.4. The summed E-state index contributed by atoms with van der Waals surface area (Å²) in [5.41, 5.74) is 8.99. The van der Waals surface area contributed by atoms with Crippen LogP contribution in [0.4, 0.5) is 10.5 Å². The molecule has 5 unspecified atom stereocenters. The molecule has 466 valence electrons. The molecule has 4 heterocycles.